The van der Waals surface area contributed by atoms with Crippen molar-refractivity contribution in [1.82, 2.24) is 19.3 Å². The summed E-state index contributed by atoms with van der Waals surface area (Å²) >= 11 is 3.47. The lowest BCUT2D eigenvalue weighted by molar-refractivity contribution is 0.331. The molecule has 1 saturated heterocycles. The molecule has 0 radical (unpaired) electrons. The van der Waals surface area contributed by atoms with E-state index in [1.807, 2.05) is 35.1 Å². The van der Waals surface area contributed by atoms with E-state index in [0.29, 0.717) is 0 Å². The van der Waals surface area contributed by atoms with Crippen molar-refractivity contribution < 1.29 is 0 Å². The molecule has 23 heavy (non-hydrogen) atoms. The van der Waals surface area contributed by atoms with Gasteiger partial charge in [0.1, 0.15) is 11.5 Å². The first-order valence-corrected chi connectivity index (χ1v) is 8.64. The van der Waals surface area contributed by atoms with Crippen LogP contribution >= 0.6 is 15.9 Å². The van der Waals surface area contributed by atoms with Crippen molar-refractivity contribution in [3.8, 4) is 0 Å². The van der Waals surface area contributed by atoms with E-state index >= 15 is 0 Å². The first-order valence-electron chi connectivity index (χ1n) is 7.85. The molecule has 1 aliphatic heterocycles. The van der Waals surface area contributed by atoms with Crippen LogP contribution in [0.5, 0.6) is 0 Å². The van der Waals surface area contributed by atoms with Gasteiger partial charge in [-0.2, -0.15) is 0 Å². The Labute approximate surface area is 143 Å². The zero-order valence-electron chi connectivity index (χ0n) is 12.7. The molecular weight excluding hydrogens is 354 g/mol. The van der Waals surface area contributed by atoms with E-state index in [9.17, 15) is 0 Å². The maximum absolute atomic E-state index is 4.56. The van der Waals surface area contributed by atoms with Crippen LogP contribution in [0.25, 0.3) is 5.65 Å². The molecule has 0 spiro atoms. The molecule has 1 aliphatic rings. The van der Waals surface area contributed by atoms with Crippen molar-refractivity contribution in [2.24, 2.45) is 0 Å². The van der Waals surface area contributed by atoms with Gasteiger partial charge in [0.25, 0.3) is 0 Å². The van der Waals surface area contributed by atoms with Gasteiger partial charge in [-0.05, 0) is 71.7 Å². The minimum atomic E-state index is 0.800. The third kappa shape index (κ3) is 3.38. The molecule has 1 fully saturated rings. The van der Waals surface area contributed by atoms with Crippen LogP contribution in [0.4, 0.5) is 11.6 Å². The quantitative estimate of drug-likeness (QED) is 0.756. The van der Waals surface area contributed by atoms with Crippen molar-refractivity contribution in [3.63, 3.8) is 0 Å². The van der Waals surface area contributed by atoms with Crippen LogP contribution < -0.4 is 5.32 Å². The first kappa shape index (κ1) is 14.7. The Morgan fingerprint density at radius 1 is 1.09 bits per heavy atom. The van der Waals surface area contributed by atoms with Crippen LogP contribution in [-0.4, -0.2) is 32.4 Å². The van der Waals surface area contributed by atoms with Gasteiger partial charge in [-0.15, -0.1) is 0 Å². The Morgan fingerprint density at radius 3 is 2.83 bits per heavy atom. The lowest BCUT2D eigenvalue weighted by Gasteiger charge is -2.14. The van der Waals surface area contributed by atoms with Crippen molar-refractivity contribution >= 4 is 33.2 Å². The molecule has 0 atom stereocenters. The first-order chi connectivity index (χ1) is 11.3. The number of imidazole rings is 1. The fourth-order valence-electron chi connectivity index (χ4n) is 3.00. The van der Waals surface area contributed by atoms with E-state index in [4.69, 9.17) is 0 Å². The Bertz CT molecular complexity index is 823. The van der Waals surface area contributed by atoms with Gasteiger partial charge in [0.2, 0.25) is 0 Å². The Hall–Kier alpha value is -1.92. The molecule has 3 aromatic rings. The third-order valence-corrected chi connectivity index (χ3v) is 4.57. The molecule has 4 rings (SSSR count). The summed E-state index contributed by atoms with van der Waals surface area (Å²) < 4.78 is 3.01. The van der Waals surface area contributed by atoms with Crippen molar-refractivity contribution in [2.75, 3.05) is 18.4 Å². The van der Waals surface area contributed by atoms with E-state index in [2.05, 4.69) is 48.2 Å². The Morgan fingerprint density at radius 2 is 1.96 bits per heavy atom. The van der Waals surface area contributed by atoms with Crippen LogP contribution in [0.2, 0.25) is 0 Å². The van der Waals surface area contributed by atoms with Crippen molar-refractivity contribution in [3.05, 3.63) is 52.9 Å². The average molecular weight is 372 g/mol. The van der Waals surface area contributed by atoms with E-state index in [0.717, 1.165) is 28.3 Å². The summed E-state index contributed by atoms with van der Waals surface area (Å²) in [6.07, 6.45) is 8.44. The molecular formula is C17H18BrN5. The topological polar surface area (TPSA) is 45.5 Å². The summed E-state index contributed by atoms with van der Waals surface area (Å²) in [5.41, 5.74) is 2.19. The highest BCUT2D eigenvalue weighted by atomic mass is 79.9. The molecule has 3 aromatic heterocycles. The molecule has 0 aromatic carbocycles. The maximum Gasteiger partial charge on any atom is 0.150 e. The number of aromatic nitrogens is 3. The van der Waals surface area contributed by atoms with E-state index in [1.165, 1.54) is 31.5 Å². The fraction of sp³-hybridized carbons (Fsp3) is 0.294. The maximum atomic E-state index is 4.56. The molecule has 0 amide bonds. The number of anilines is 2. The standard InChI is InChI=1S/C17H18BrN5/c18-14-3-4-17-21-16(12-23(17)11-14)20-15-9-13(5-6-19-15)10-22-7-1-2-8-22/h3-6,9,11-12H,1-2,7-8,10H2,(H,19,20). The zero-order chi connectivity index (χ0) is 15.6. The highest BCUT2D eigenvalue weighted by Crippen LogP contribution is 2.19. The fourth-order valence-corrected chi connectivity index (χ4v) is 3.35. The number of fused-ring (bicyclic) bond motifs is 1. The smallest absolute Gasteiger partial charge is 0.150 e. The SMILES string of the molecule is Brc1ccc2nc(Nc3cc(CN4CCCC4)ccn3)cn2c1. The third-order valence-electron chi connectivity index (χ3n) is 4.10. The molecule has 118 valence electrons. The largest absolute Gasteiger partial charge is 0.324 e. The molecule has 0 aliphatic carbocycles. The van der Waals surface area contributed by atoms with Crippen LogP contribution in [0.1, 0.15) is 18.4 Å². The highest BCUT2D eigenvalue weighted by molar-refractivity contribution is 9.10. The summed E-state index contributed by atoms with van der Waals surface area (Å²) in [5.74, 6) is 1.64. The second-order valence-electron chi connectivity index (χ2n) is 5.90. The predicted molar refractivity (Wildman–Crippen MR) is 94.9 cm³/mol. The van der Waals surface area contributed by atoms with Gasteiger partial charge in [0.15, 0.2) is 5.82 Å². The minimum Gasteiger partial charge on any atom is -0.324 e. The molecule has 4 heterocycles. The lowest BCUT2D eigenvalue weighted by atomic mass is 10.2. The average Bonchev–Trinajstić information content (AvgIpc) is 3.16. The molecule has 0 saturated carbocycles. The molecule has 6 heteroatoms. The van der Waals surface area contributed by atoms with E-state index in [-0.39, 0.29) is 0 Å². The molecule has 0 unspecified atom stereocenters. The summed E-state index contributed by atoms with van der Waals surface area (Å²) in [6.45, 7) is 3.40. The number of nitrogens with zero attached hydrogens (tertiary/aromatic N) is 4. The number of nitrogens with one attached hydrogen (secondary N) is 1. The van der Waals surface area contributed by atoms with Gasteiger partial charge in [-0.3, -0.25) is 4.90 Å². The van der Waals surface area contributed by atoms with Gasteiger partial charge < -0.3 is 9.72 Å². The molecule has 1 N–H and O–H groups in total. The van der Waals surface area contributed by atoms with Crippen molar-refractivity contribution in [1.29, 1.82) is 0 Å². The summed E-state index contributed by atoms with van der Waals surface area (Å²) in [5, 5.41) is 3.30. The second-order valence-corrected chi connectivity index (χ2v) is 6.81. The summed E-state index contributed by atoms with van der Waals surface area (Å²) in [4.78, 5) is 11.5. The number of rotatable bonds is 4. The van der Waals surface area contributed by atoms with Gasteiger partial charge in [0, 0.05) is 23.4 Å². The molecule has 5 nitrogen and oxygen atoms in total. The Kier molecular flexibility index (Phi) is 4.01. The normalized spacial score (nSPS) is 15.3. The minimum absolute atomic E-state index is 0.800. The number of likely N-dealkylation sites (tertiary alicyclic amines) is 1. The monoisotopic (exact) mass is 371 g/mol. The van der Waals surface area contributed by atoms with Crippen LogP contribution in [0, 0.1) is 0 Å². The summed E-state index contributed by atoms with van der Waals surface area (Å²) in [6, 6.07) is 8.16. The number of hydrogen-bond acceptors (Lipinski definition) is 4. The van der Waals surface area contributed by atoms with Crippen LogP contribution in [-0.2, 0) is 6.54 Å². The number of hydrogen-bond donors (Lipinski definition) is 1. The highest BCUT2D eigenvalue weighted by Gasteiger charge is 2.12. The lowest BCUT2D eigenvalue weighted by Crippen LogP contribution is -2.18. The molecule has 0 bridgehead atoms. The van der Waals surface area contributed by atoms with Gasteiger partial charge >= 0.3 is 0 Å². The predicted octanol–water partition coefficient (Wildman–Crippen LogP) is 3.83. The van der Waals surface area contributed by atoms with Crippen molar-refractivity contribution in [2.45, 2.75) is 19.4 Å². The van der Waals surface area contributed by atoms with Gasteiger partial charge in [0.05, 0.1) is 6.20 Å². The second kappa shape index (κ2) is 6.29. The van der Waals surface area contributed by atoms with Crippen LogP contribution in [0.15, 0.2) is 47.3 Å². The Balaban J connectivity index is 1.52. The number of pyridine rings is 2. The van der Waals surface area contributed by atoms with Crippen LogP contribution in [0.3, 0.4) is 0 Å². The number of halogens is 1. The van der Waals surface area contributed by atoms with Gasteiger partial charge in [-0.1, -0.05) is 0 Å². The van der Waals surface area contributed by atoms with E-state index < -0.39 is 0 Å². The van der Waals surface area contributed by atoms with E-state index in [1.54, 1.807) is 0 Å². The zero-order valence-corrected chi connectivity index (χ0v) is 14.3. The van der Waals surface area contributed by atoms with Gasteiger partial charge in [-0.25, -0.2) is 9.97 Å². The summed E-state index contributed by atoms with van der Waals surface area (Å²) in [7, 11) is 0.